The normalized spacial score (nSPS) is 10.9. The Morgan fingerprint density at radius 1 is 1.38 bits per heavy atom. The van der Waals surface area contributed by atoms with E-state index in [1.807, 2.05) is 0 Å². The van der Waals surface area contributed by atoms with Crippen LogP contribution in [-0.4, -0.2) is 26.5 Å². The standard InChI is InChI=1S/C17H14FN3O4S/c1-3-21-6-11(16(24)25)15(23)10-4-12(18)9(5-14(10)21)13-7-26-17(20-13)19-8(2)22/h4-7H,3H2,1-2H3,(H,24,25)(H,19,20,22). The second kappa shape index (κ2) is 6.68. The summed E-state index contributed by atoms with van der Waals surface area (Å²) in [5, 5.41) is 13.6. The molecule has 0 fully saturated rings. The van der Waals surface area contributed by atoms with Crippen molar-refractivity contribution in [1.29, 1.82) is 0 Å². The Labute approximate surface area is 150 Å². The number of carboxylic acids is 1. The summed E-state index contributed by atoms with van der Waals surface area (Å²) in [6, 6.07) is 2.50. The summed E-state index contributed by atoms with van der Waals surface area (Å²) in [6.07, 6.45) is 1.25. The third kappa shape index (κ3) is 3.08. The fourth-order valence-electron chi connectivity index (χ4n) is 2.63. The van der Waals surface area contributed by atoms with Crippen LogP contribution in [0.2, 0.25) is 0 Å². The lowest BCUT2D eigenvalue weighted by Crippen LogP contribution is -2.19. The number of pyridine rings is 1. The van der Waals surface area contributed by atoms with Crippen molar-refractivity contribution >= 4 is 39.2 Å². The van der Waals surface area contributed by atoms with E-state index in [4.69, 9.17) is 0 Å². The SMILES string of the molecule is CCn1cc(C(=O)O)c(=O)c2cc(F)c(-c3csc(NC(C)=O)n3)cc21. The van der Waals surface area contributed by atoms with Gasteiger partial charge in [-0.15, -0.1) is 11.3 Å². The van der Waals surface area contributed by atoms with Crippen LogP contribution >= 0.6 is 11.3 Å². The number of carboxylic acid groups (broad SMARTS) is 1. The Kier molecular flexibility index (Phi) is 4.56. The van der Waals surface area contributed by atoms with Crippen molar-refractivity contribution < 1.29 is 19.1 Å². The Hall–Kier alpha value is -3.07. The van der Waals surface area contributed by atoms with Gasteiger partial charge in [0, 0.05) is 36.0 Å². The fourth-order valence-corrected chi connectivity index (χ4v) is 3.38. The van der Waals surface area contributed by atoms with Crippen LogP contribution in [0.25, 0.3) is 22.2 Å². The van der Waals surface area contributed by atoms with Crippen molar-refractivity contribution in [2.45, 2.75) is 20.4 Å². The maximum absolute atomic E-state index is 14.6. The minimum atomic E-state index is -1.36. The van der Waals surface area contributed by atoms with Gasteiger partial charge in [-0.3, -0.25) is 9.59 Å². The molecule has 0 bridgehead atoms. The molecule has 7 nitrogen and oxygen atoms in total. The number of nitrogens with one attached hydrogen (secondary N) is 1. The summed E-state index contributed by atoms with van der Waals surface area (Å²) in [5.41, 5.74) is -0.258. The number of amides is 1. The fraction of sp³-hybridized carbons (Fsp3) is 0.176. The average molecular weight is 375 g/mol. The molecule has 0 saturated heterocycles. The number of fused-ring (bicyclic) bond motifs is 1. The highest BCUT2D eigenvalue weighted by molar-refractivity contribution is 7.14. The second-order valence-corrected chi connectivity index (χ2v) is 6.39. The Balaban J connectivity index is 2.23. The van der Waals surface area contributed by atoms with E-state index in [-0.39, 0.29) is 16.9 Å². The molecule has 0 aliphatic rings. The molecule has 2 aromatic heterocycles. The van der Waals surface area contributed by atoms with Gasteiger partial charge in [0.1, 0.15) is 11.4 Å². The maximum Gasteiger partial charge on any atom is 0.341 e. The summed E-state index contributed by atoms with van der Waals surface area (Å²) in [4.78, 5) is 38.9. The molecule has 3 aromatic rings. The average Bonchev–Trinajstić information content (AvgIpc) is 3.02. The molecule has 0 atom stereocenters. The van der Waals surface area contributed by atoms with Crippen molar-refractivity contribution in [1.82, 2.24) is 9.55 Å². The first kappa shape index (κ1) is 17.7. The largest absolute Gasteiger partial charge is 0.477 e. The first-order chi connectivity index (χ1) is 12.3. The van der Waals surface area contributed by atoms with Gasteiger partial charge in [0.15, 0.2) is 5.13 Å². The lowest BCUT2D eigenvalue weighted by atomic mass is 10.1. The molecule has 3 rings (SSSR count). The first-order valence-corrected chi connectivity index (χ1v) is 8.53. The van der Waals surface area contributed by atoms with Gasteiger partial charge in [0.2, 0.25) is 11.3 Å². The monoisotopic (exact) mass is 375 g/mol. The lowest BCUT2D eigenvalue weighted by Gasteiger charge is -2.12. The van der Waals surface area contributed by atoms with E-state index in [0.717, 1.165) is 17.4 Å². The highest BCUT2D eigenvalue weighted by Gasteiger charge is 2.18. The zero-order valence-corrected chi connectivity index (χ0v) is 14.7. The summed E-state index contributed by atoms with van der Waals surface area (Å²) < 4.78 is 16.2. The molecule has 2 N–H and O–H groups in total. The molecule has 0 radical (unpaired) electrons. The van der Waals surface area contributed by atoms with E-state index in [1.54, 1.807) is 16.9 Å². The number of aromatic carboxylic acids is 1. The highest BCUT2D eigenvalue weighted by atomic mass is 32.1. The number of benzene rings is 1. The van der Waals surface area contributed by atoms with Crippen LogP contribution in [0.15, 0.2) is 28.5 Å². The minimum absolute atomic E-state index is 0.00897. The van der Waals surface area contributed by atoms with Gasteiger partial charge < -0.3 is 15.0 Å². The Morgan fingerprint density at radius 2 is 2.12 bits per heavy atom. The molecule has 0 saturated carbocycles. The smallest absolute Gasteiger partial charge is 0.341 e. The Bertz CT molecular complexity index is 1100. The summed E-state index contributed by atoms with van der Waals surface area (Å²) in [6.45, 7) is 3.53. The van der Waals surface area contributed by atoms with Gasteiger partial charge in [-0.05, 0) is 19.1 Å². The van der Waals surface area contributed by atoms with E-state index < -0.39 is 22.8 Å². The number of carbonyl (C=O) groups excluding carboxylic acids is 1. The van der Waals surface area contributed by atoms with Crippen molar-refractivity contribution in [3.63, 3.8) is 0 Å². The molecule has 0 unspecified atom stereocenters. The van der Waals surface area contributed by atoms with E-state index in [2.05, 4.69) is 10.3 Å². The van der Waals surface area contributed by atoms with Gasteiger partial charge in [-0.25, -0.2) is 14.2 Å². The maximum atomic E-state index is 14.6. The number of hydrogen-bond donors (Lipinski definition) is 2. The van der Waals surface area contributed by atoms with Crippen LogP contribution in [-0.2, 0) is 11.3 Å². The molecular weight excluding hydrogens is 361 g/mol. The number of aromatic nitrogens is 2. The van der Waals surface area contributed by atoms with Crippen LogP contribution in [0.1, 0.15) is 24.2 Å². The number of hydrogen-bond acceptors (Lipinski definition) is 5. The van der Waals surface area contributed by atoms with Gasteiger partial charge in [0.05, 0.1) is 11.2 Å². The number of anilines is 1. The Morgan fingerprint density at radius 3 is 2.73 bits per heavy atom. The predicted octanol–water partition coefficient (Wildman–Crippen LogP) is 2.94. The van der Waals surface area contributed by atoms with E-state index in [1.165, 1.54) is 19.2 Å². The molecule has 134 valence electrons. The highest BCUT2D eigenvalue weighted by Crippen LogP contribution is 2.30. The van der Waals surface area contributed by atoms with Crippen LogP contribution in [0.4, 0.5) is 9.52 Å². The quantitative estimate of drug-likeness (QED) is 0.730. The number of rotatable bonds is 4. The molecule has 1 amide bonds. The third-order valence-corrected chi connectivity index (χ3v) is 4.56. The summed E-state index contributed by atoms with van der Waals surface area (Å²) in [5.74, 6) is -2.34. The topological polar surface area (TPSA) is 101 Å². The number of aryl methyl sites for hydroxylation is 1. The number of carbonyl (C=O) groups is 2. The van der Waals surface area contributed by atoms with Crippen LogP contribution in [0, 0.1) is 5.82 Å². The third-order valence-electron chi connectivity index (χ3n) is 3.80. The molecule has 1 aromatic carbocycles. The van der Waals surface area contributed by atoms with E-state index in [0.29, 0.717) is 22.9 Å². The van der Waals surface area contributed by atoms with E-state index in [9.17, 15) is 23.9 Å². The van der Waals surface area contributed by atoms with Crippen molar-refractivity contribution in [2.24, 2.45) is 0 Å². The first-order valence-electron chi connectivity index (χ1n) is 7.65. The molecule has 9 heteroatoms. The zero-order valence-electron chi connectivity index (χ0n) is 13.9. The molecule has 0 aliphatic heterocycles. The molecule has 2 heterocycles. The number of thiazole rings is 1. The van der Waals surface area contributed by atoms with Crippen LogP contribution in [0.5, 0.6) is 0 Å². The van der Waals surface area contributed by atoms with Crippen molar-refractivity contribution in [3.8, 4) is 11.3 Å². The van der Waals surface area contributed by atoms with Crippen LogP contribution < -0.4 is 10.7 Å². The van der Waals surface area contributed by atoms with Crippen molar-refractivity contribution in [3.05, 3.63) is 45.3 Å². The van der Waals surface area contributed by atoms with Gasteiger partial charge in [-0.2, -0.15) is 0 Å². The summed E-state index contributed by atoms with van der Waals surface area (Å²) >= 11 is 1.15. The minimum Gasteiger partial charge on any atom is -0.477 e. The second-order valence-electron chi connectivity index (χ2n) is 5.53. The predicted molar refractivity (Wildman–Crippen MR) is 96.2 cm³/mol. The summed E-state index contributed by atoms with van der Waals surface area (Å²) in [7, 11) is 0. The number of nitrogens with zero attached hydrogens (tertiary/aromatic N) is 2. The zero-order chi connectivity index (χ0) is 19.0. The molecular formula is C17H14FN3O4S. The van der Waals surface area contributed by atoms with Gasteiger partial charge >= 0.3 is 5.97 Å². The van der Waals surface area contributed by atoms with Crippen molar-refractivity contribution in [2.75, 3.05) is 5.32 Å². The van der Waals surface area contributed by atoms with Gasteiger partial charge in [-0.1, -0.05) is 0 Å². The molecule has 0 spiro atoms. The lowest BCUT2D eigenvalue weighted by molar-refractivity contribution is -0.114. The molecule has 0 aliphatic carbocycles. The molecule has 26 heavy (non-hydrogen) atoms. The van der Waals surface area contributed by atoms with Crippen LogP contribution in [0.3, 0.4) is 0 Å². The van der Waals surface area contributed by atoms with Gasteiger partial charge in [0.25, 0.3) is 0 Å². The van der Waals surface area contributed by atoms with E-state index >= 15 is 0 Å². The number of halogens is 1.